The van der Waals surface area contributed by atoms with Crippen LogP contribution in [0.1, 0.15) is 11.1 Å². The van der Waals surface area contributed by atoms with E-state index in [2.05, 4.69) is 9.98 Å². The maximum atomic E-state index is 13.1. The second-order valence-electron chi connectivity index (χ2n) is 10.7. The second kappa shape index (κ2) is 10.0. The van der Waals surface area contributed by atoms with Crippen LogP contribution in [0.4, 0.5) is 26.3 Å². The van der Waals surface area contributed by atoms with E-state index in [0.717, 1.165) is 72.9 Å². The van der Waals surface area contributed by atoms with Crippen LogP contribution >= 0.6 is 0 Å². The molecule has 0 radical (unpaired) electrons. The zero-order valence-corrected chi connectivity index (χ0v) is 23.3. The Bertz CT molecular complexity index is 2450. The van der Waals surface area contributed by atoms with E-state index >= 15 is 0 Å². The number of benzene rings is 5. The molecule has 7 aromatic carbocycles. The molecule has 7 aromatic rings. The Morgan fingerprint density at radius 1 is 0.467 bits per heavy atom. The molecule has 0 N–H and O–H groups in total. The highest BCUT2D eigenvalue weighted by Crippen LogP contribution is 2.37. The standard InChI is InChI=1S/C36H19F6N3/c1-44-33-29-14-21(19-2-8-23(9-3-19)35(37,38)39)6-12-25(29)27-17-32-28(16-31(27)33)26-13-7-22(15-30(26)34(32)45-18-43)20-4-10-24(11-5-20)36(40,41)42/h2-17H,1H3. The Morgan fingerprint density at radius 3 is 1.24 bits per heavy atom. The summed E-state index contributed by atoms with van der Waals surface area (Å²) < 4.78 is 78.5. The zero-order valence-electron chi connectivity index (χ0n) is 23.3. The van der Waals surface area contributed by atoms with Gasteiger partial charge in [-0.3, -0.25) is 4.99 Å². The molecule has 9 heteroatoms. The van der Waals surface area contributed by atoms with Gasteiger partial charge < -0.3 is 0 Å². The number of alkyl halides is 6. The third-order valence-corrected chi connectivity index (χ3v) is 8.27. The minimum Gasteiger partial charge on any atom is -0.287 e. The largest absolute Gasteiger partial charge is 0.416 e. The monoisotopic (exact) mass is 607 g/mol. The molecule has 0 unspecified atom stereocenters. The predicted octanol–water partition coefficient (Wildman–Crippen LogP) is 9.46. The average molecular weight is 608 g/mol. The van der Waals surface area contributed by atoms with Crippen LogP contribution in [0.25, 0.3) is 65.3 Å². The van der Waals surface area contributed by atoms with Crippen LogP contribution in [0.2, 0.25) is 0 Å². The van der Waals surface area contributed by atoms with Crippen LogP contribution in [0, 0.1) is 11.5 Å². The number of fused-ring (bicyclic) bond motifs is 6. The maximum absolute atomic E-state index is 13.1. The van der Waals surface area contributed by atoms with E-state index in [4.69, 9.17) is 0 Å². The van der Waals surface area contributed by atoms with Gasteiger partial charge in [0.25, 0.3) is 0 Å². The first-order chi connectivity index (χ1) is 21.5. The molecule has 0 fully saturated rings. The zero-order chi connectivity index (χ0) is 31.7. The van der Waals surface area contributed by atoms with E-state index in [-0.39, 0.29) is 0 Å². The molecule has 220 valence electrons. The van der Waals surface area contributed by atoms with Gasteiger partial charge in [-0.05, 0) is 92.3 Å². The number of hydrogen-bond donors (Lipinski definition) is 0. The fourth-order valence-electron chi connectivity index (χ4n) is 6.15. The molecular weight excluding hydrogens is 588 g/mol. The molecule has 0 aromatic heterocycles. The van der Waals surface area contributed by atoms with Crippen LogP contribution in [0.3, 0.4) is 0 Å². The van der Waals surface area contributed by atoms with Crippen molar-refractivity contribution in [2.24, 2.45) is 9.98 Å². The minimum absolute atomic E-state index is 0.462. The first-order valence-electron chi connectivity index (χ1n) is 13.7. The summed E-state index contributed by atoms with van der Waals surface area (Å²) in [5.41, 5.74) is 1.22. The average Bonchev–Trinajstić information content (AvgIpc) is 3.50. The molecule has 3 nitrogen and oxygen atoms in total. The summed E-state index contributed by atoms with van der Waals surface area (Å²) in [6, 6.07) is 25.1. The van der Waals surface area contributed by atoms with Crippen molar-refractivity contribution in [3.63, 3.8) is 0 Å². The molecule has 0 atom stereocenters. The van der Waals surface area contributed by atoms with E-state index < -0.39 is 23.5 Å². The maximum Gasteiger partial charge on any atom is 0.416 e. The van der Waals surface area contributed by atoms with Crippen molar-refractivity contribution >= 4 is 43.1 Å². The Labute approximate surface area is 251 Å². The van der Waals surface area contributed by atoms with Crippen molar-refractivity contribution in [2.75, 3.05) is 7.05 Å². The Balaban J connectivity index is 1.42. The molecule has 0 bridgehead atoms. The molecule has 0 spiro atoms. The fraction of sp³-hybridized carbons (Fsp3) is 0.0833. The topological polar surface area (TPSA) is 48.5 Å². The third-order valence-electron chi connectivity index (χ3n) is 8.27. The number of halogens is 6. The number of hydrogen-bond acceptors (Lipinski definition) is 3. The highest BCUT2D eigenvalue weighted by atomic mass is 19.4. The second-order valence-corrected chi connectivity index (χ2v) is 10.7. The predicted molar refractivity (Wildman–Crippen MR) is 162 cm³/mol. The number of nitrogens with zero attached hydrogens (tertiary/aromatic N) is 3. The van der Waals surface area contributed by atoms with Gasteiger partial charge in [0.2, 0.25) is 6.19 Å². The lowest BCUT2D eigenvalue weighted by atomic mass is 10.0. The Hall–Kier alpha value is -5.49. The molecule has 0 aliphatic heterocycles. The van der Waals surface area contributed by atoms with E-state index in [1.165, 1.54) is 24.3 Å². The van der Waals surface area contributed by atoms with E-state index in [9.17, 15) is 31.6 Å². The minimum atomic E-state index is -4.44. The summed E-state index contributed by atoms with van der Waals surface area (Å²) in [7, 11) is 1.68. The Kier molecular flexibility index (Phi) is 6.30. The molecule has 0 saturated heterocycles. The van der Waals surface area contributed by atoms with Gasteiger partial charge in [-0.1, -0.05) is 48.5 Å². The Morgan fingerprint density at radius 2 is 0.844 bits per heavy atom. The van der Waals surface area contributed by atoms with Crippen molar-refractivity contribution in [3.05, 3.63) is 119 Å². The smallest absolute Gasteiger partial charge is 0.287 e. The lowest BCUT2D eigenvalue weighted by molar-refractivity contribution is -0.138. The van der Waals surface area contributed by atoms with Gasteiger partial charge in [-0.2, -0.15) is 36.6 Å². The van der Waals surface area contributed by atoms with Gasteiger partial charge >= 0.3 is 12.4 Å². The fourth-order valence-corrected chi connectivity index (χ4v) is 6.15. The molecule has 0 amide bonds. The normalized spacial score (nSPS) is 13.5. The first-order valence-corrected chi connectivity index (χ1v) is 13.7. The lowest BCUT2D eigenvalue weighted by Gasteiger charge is -2.08. The quantitative estimate of drug-likeness (QED) is 0.143. The van der Waals surface area contributed by atoms with Gasteiger partial charge in [0.05, 0.1) is 21.8 Å². The number of nitriles is 1. The van der Waals surface area contributed by atoms with Gasteiger partial charge in [0.15, 0.2) is 0 Å². The summed E-state index contributed by atoms with van der Waals surface area (Å²) in [5, 5.41) is 17.3. The first kappa shape index (κ1) is 28.3. The summed E-state index contributed by atoms with van der Waals surface area (Å²) in [6.07, 6.45) is -6.97. The van der Waals surface area contributed by atoms with Crippen molar-refractivity contribution in [1.29, 1.82) is 5.26 Å². The summed E-state index contributed by atoms with van der Waals surface area (Å²) in [4.78, 5) is 8.72. The summed E-state index contributed by atoms with van der Waals surface area (Å²) in [6.45, 7) is 0. The highest BCUT2D eigenvalue weighted by Gasteiger charge is 2.31. The molecule has 0 heterocycles. The number of rotatable bonds is 2. The van der Waals surface area contributed by atoms with Crippen LogP contribution in [0.15, 0.2) is 107 Å². The molecular formula is C36H19F6N3. The SMILES string of the molecule is CN=c1c2cc(-c3ccc(C(F)(F)F)cc3)ccc2c2cc3c(=NC#N)c4cc(-c5ccc(C(F)(F)F)cc5)ccc4c3cc12. The third kappa shape index (κ3) is 4.61. The van der Waals surface area contributed by atoms with Crippen LogP contribution < -0.4 is 10.7 Å². The van der Waals surface area contributed by atoms with Crippen LogP contribution in [-0.2, 0) is 12.4 Å². The van der Waals surface area contributed by atoms with Crippen molar-refractivity contribution in [1.82, 2.24) is 0 Å². The van der Waals surface area contributed by atoms with Crippen LogP contribution in [0.5, 0.6) is 0 Å². The van der Waals surface area contributed by atoms with Gasteiger partial charge in [-0.15, -0.1) is 0 Å². The molecule has 0 aliphatic carbocycles. The molecule has 0 saturated carbocycles. The van der Waals surface area contributed by atoms with Crippen molar-refractivity contribution in [2.45, 2.75) is 12.4 Å². The molecule has 7 rings (SSSR count). The van der Waals surface area contributed by atoms with Gasteiger partial charge in [0, 0.05) is 28.6 Å². The van der Waals surface area contributed by atoms with E-state index in [0.29, 0.717) is 27.4 Å². The van der Waals surface area contributed by atoms with E-state index in [1.807, 2.05) is 54.7 Å². The highest BCUT2D eigenvalue weighted by molar-refractivity contribution is 6.21. The van der Waals surface area contributed by atoms with Crippen molar-refractivity contribution in [3.8, 4) is 28.4 Å². The summed E-state index contributed by atoms with van der Waals surface area (Å²) >= 11 is 0. The van der Waals surface area contributed by atoms with Gasteiger partial charge in [-0.25, -0.2) is 0 Å². The van der Waals surface area contributed by atoms with E-state index in [1.54, 1.807) is 7.05 Å². The van der Waals surface area contributed by atoms with Crippen molar-refractivity contribution < 1.29 is 26.3 Å². The molecule has 0 aliphatic rings. The van der Waals surface area contributed by atoms with Crippen LogP contribution in [-0.4, -0.2) is 7.05 Å². The summed E-state index contributed by atoms with van der Waals surface area (Å²) in [5.74, 6) is 0. The lowest BCUT2D eigenvalue weighted by Crippen LogP contribution is -2.04. The van der Waals surface area contributed by atoms with Gasteiger partial charge in [0.1, 0.15) is 0 Å². The molecule has 45 heavy (non-hydrogen) atoms.